The van der Waals surface area contributed by atoms with Crippen molar-refractivity contribution < 1.29 is 17.9 Å². The van der Waals surface area contributed by atoms with Crippen molar-refractivity contribution in [2.24, 2.45) is 7.05 Å². The minimum atomic E-state index is -3.75. The number of hydrogen-bond donors (Lipinski definition) is 2. The number of hydrogen-bond acceptors (Lipinski definition) is 5. The molecular weight excluding hydrogens is 356 g/mol. The Balaban J connectivity index is 1.71. The second-order valence-electron chi connectivity index (χ2n) is 6.29. The van der Waals surface area contributed by atoms with Crippen LogP contribution in [0.3, 0.4) is 0 Å². The van der Waals surface area contributed by atoms with Gasteiger partial charge in [0, 0.05) is 19.2 Å². The average Bonchev–Trinajstić information content (AvgIpc) is 3.22. The molecule has 1 amide bonds. The Morgan fingerprint density at radius 3 is 2.85 bits per heavy atom. The van der Waals surface area contributed by atoms with Crippen molar-refractivity contribution in [2.75, 3.05) is 13.2 Å². The summed E-state index contributed by atoms with van der Waals surface area (Å²) in [6.07, 6.45) is 0.759. The van der Waals surface area contributed by atoms with E-state index in [1.807, 2.05) is 13.0 Å². The SMILES string of the molecule is Cc1cc(CNS(=O)(=O)c2cccc(C(=O)N[C@H]3CCOC3)c2)n(C)n1. The summed E-state index contributed by atoms with van der Waals surface area (Å²) >= 11 is 0. The summed E-state index contributed by atoms with van der Waals surface area (Å²) in [6, 6.07) is 7.77. The fourth-order valence-electron chi connectivity index (χ4n) is 2.80. The number of benzene rings is 1. The van der Waals surface area contributed by atoms with Crippen LogP contribution in [0.4, 0.5) is 0 Å². The third-order valence-electron chi connectivity index (χ3n) is 4.21. The van der Waals surface area contributed by atoms with Crippen molar-refractivity contribution in [1.29, 1.82) is 0 Å². The highest BCUT2D eigenvalue weighted by molar-refractivity contribution is 7.89. The number of nitrogens with one attached hydrogen (secondary N) is 2. The lowest BCUT2D eigenvalue weighted by Crippen LogP contribution is -2.35. The second-order valence-corrected chi connectivity index (χ2v) is 8.05. The zero-order chi connectivity index (χ0) is 18.7. The molecule has 1 fully saturated rings. The molecule has 3 rings (SSSR count). The smallest absolute Gasteiger partial charge is 0.251 e. The molecule has 0 spiro atoms. The van der Waals surface area contributed by atoms with Gasteiger partial charge in [0.05, 0.1) is 35.5 Å². The summed E-state index contributed by atoms with van der Waals surface area (Å²) in [5.41, 5.74) is 1.87. The van der Waals surface area contributed by atoms with Gasteiger partial charge in [-0.2, -0.15) is 5.10 Å². The van der Waals surface area contributed by atoms with Crippen LogP contribution < -0.4 is 10.0 Å². The lowest BCUT2D eigenvalue weighted by atomic mass is 10.2. The van der Waals surface area contributed by atoms with Gasteiger partial charge in [-0.3, -0.25) is 9.48 Å². The third-order valence-corrected chi connectivity index (χ3v) is 5.61. The first-order valence-corrected chi connectivity index (χ1v) is 9.81. The van der Waals surface area contributed by atoms with Crippen molar-refractivity contribution in [2.45, 2.75) is 30.8 Å². The molecule has 2 N–H and O–H groups in total. The van der Waals surface area contributed by atoms with E-state index in [2.05, 4.69) is 15.1 Å². The summed E-state index contributed by atoms with van der Waals surface area (Å²) in [5, 5.41) is 7.04. The summed E-state index contributed by atoms with van der Waals surface area (Å²) < 4.78 is 34.5. The number of sulfonamides is 1. The van der Waals surface area contributed by atoms with E-state index in [0.717, 1.165) is 17.8 Å². The summed E-state index contributed by atoms with van der Waals surface area (Å²) in [5.74, 6) is -0.306. The van der Waals surface area contributed by atoms with Gasteiger partial charge < -0.3 is 10.1 Å². The number of amides is 1. The molecule has 0 bridgehead atoms. The number of rotatable bonds is 6. The van der Waals surface area contributed by atoms with Crippen molar-refractivity contribution in [3.8, 4) is 0 Å². The fraction of sp³-hybridized carbons (Fsp3) is 0.412. The average molecular weight is 378 g/mol. The van der Waals surface area contributed by atoms with Crippen LogP contribution in [0.5, 0.6) is 0 Å². The predicted octanol–water partition coefficient (Wildman–Crippen LogP) is 0.726. The Morgan fingerprint density at radius 2 is 2.19 bits per heavy atom. The number of carbonyl (C=O) groups is 1. The van der Waals surface area contributed by atoms with Crippen molar-refractivity contribution in [3.63, 3.8) is 0 Å². The van der Waals surface area contributed by atoms with E-state index in [-0.39, 0.29) is 23.4 Å². The first-order chi connectivity index (χ1) is 12.3. The molecule has 140 valence electrons. The molecule has 1 aliphatic heterocycles. The Labute approximate surface area is 152 Å². The molecule has 0 unspecified atom stereocenters. The molecule has 2 aromatic rings. The Hall–Kier alpha value is -2.23. The molecule has 8 nitrogen and oxygen atoms in total. The van der Waals surface area contributed by atoms with E-state index >= 15 is 0 Å². The van der Waals surface area contributed by atoms with E-state index in [4.69, 9.17) is 4.74 Å². The molecule has 26 heavy (non-hydrogen) atoms. The highest BCUT2D eigenvalue weighted by Crippen LogP contribution is 2.14. The molecule has 1 atom stereocenters. The quantitative estimate of drug-likeness (QED) is 0.771. The van der Waals surface area contributed by atoms with Crippen LogP contribution in [0.2, 0.25) is 0 Å². The maximum absolute atomic E-state index is 12.6. The van der Waals surface area contributed by atoms with Gasteiger partial charge in [0.25, 0.3) is 5.91 Å². The number of nitrogens with zero attached hydrogens (tertiary/aromatic N) is 2. The van der Waals surface area contributed by atoms with Crippen LogP contribution >= 0.6 is 0 Å². The van der Waals surface area contributed by atoms with Crippen molar-refractivity contribution in [3.05, 3.63) is 47.3 Å². The van der Waals surface area contributed by atoms with Crippen molar-refractivity contribution in [1.82, 2.24) is 19.8 Å². The number of carbonyl (C=O) groups excluding carboxylic acids is 1. The number of aryl methyl sites for hydroxylation is 2. The molecule has 1 aromatic carbocycles. The van der Waals surface area contributed by atoms with Crippen LogP contribution in [-0.2, 0) is 28.4 Å². The van der Waals surface area contributed by atoms with Gasteiger partial charge in [0.15, 0.2) is 0 Å². The topological polar surface area (TPSA) is 102 Å². The molecular formula is C17H22N4O4S. The fourth-order valence-corrected chi connectivity index (χ4v) is 3.85. The van der Waals surface area contributed by atoms with Gasteiger partial charge in [-0.05, 0) is 37.6 Å². The van der Waals surface area contributed by atoms with E-state index in [0.29, 0.717) is 18.8 Å². The van der Waals surface area contributed by atoms with Gasteiger partial charge >= 0.3 is 0 Å². The zero-order valence-electron chi connectivity index (χ0n) is 14.7. The van der Waals surface area contributed by atoms with E-state index < -0.39 is 10.0 Å². The van der Waals surface area contributed by atoms with Gasteiger partial charge in [-0.1, -0.05) is 6.07 Å². The van der Waals surface area contributed by atoms with Gasteiger partial charge in [0.2, 0.25) is 10.0 Å². The Morgan fingerprint density at radius 1 is 1.38 bits per heavy atom. The van der Waals surface area contributed by atoms with Crippen LogP contribution in [-0.4, -0.2) is 43.4 Å². The third kappa shape index (κ3) is 4.29. The second kappa shape index (κ2) is 7.56. The van der Waals surface area contributed by atoms with E-state index in [9.17, 15) is 13.2 Å². The molecule has 1 aromatic heterocycles. The summed E-state index contributed by atoms with van der Waals surface area (Å²) in [7, 11) is -1.99. The Kier molecular flexibility index (Phi) is 5.40. The monoisotopic (exact) mass is 378 g/mol. The van der Waals surface area contributed by atoms with Crippen LogP contribution in [0.1, 0.15) is 28.2 Å². The van der Waals surface area contributed by atoms with Crippen molar-refractivity contribution >= 4 is 15.9 Å². The molecule has 0 radical (unpaired) electrons. The van der Waals surface area contributed by atoms with Crippen LogP contribution in [0, 0.1) is 6.92 Å². The lowest BCUT2D eigenvalue weighted by Gasteiger charge is -2.12. The molecule has 9 heteroatoms. The van der Waals surface area contributed by atoms with Crippen LogP contribution in [0.15, 0.2) is 35.2 Å². The van der Waals surface area contributed by atoms with Gasteiger partial charge in [-0.25, -0.2) is 13.1 Å². The highest BCUT2D eigenvalue weighted by atomic mass is 32.2. The predicted molar refractivity (Wildman–Crippen MR) is 95.1 cm³/mol. The molecule has 0 saturated carbocycles. The van der Waals surface area contributed by atoms with Gasteiger partial charge in [-0.15, -0.1) is 0 Å². The van der Waals surface area contributed by atoms with Gasteiger partial charge in [0.1, 0.15) is 0 Å². The number of aromatic nitrogens is 2. The molecule has 1 aliphatic rings. The van der Waals surface area contributed by atoms with Crippen LogP contribution in [0.25, 0.3) is 0 Å². The molecule has 0 aliphatic carbocycles. The summed E-state index contributed by atoms with van der Waals surface area (Å²) in [4.78, 5) is 12.4. The minimum absolute atomic E-state index is 0.0334. The zero-order valence-corrected chi connectivity index (χ0v) is 15.5. The summed E-state index contributed by atoms with van der Waals surface area (Å²) in [6.45, 7) is 3.07. The molecule has 2 heterocycles. The Bertz CT molecular complexity index is 901. The first-order valence-electron chi connectivity index (χ1n) is 8.33. The van der Waals surface area contributed by atoms with E-state index in [1.54, 1.807) is 23.9 Å². The lowest BCUT2D eigenvalue weighted by molar-refractivity contribution is 0.0929. The normalized spacial score (nSPS) is 17.4. The standard InChI is InChI=1S/C17H22N4O4S/c1-12-8-15(21(2)20-12)10-18-26(23,24)16-5-3-4-13(9-16)17(22)19-14-6-7-25-11-14/h3-5,8-9,14,18H,6-7,10-11H2,1-2H3,(H,19,22)/t14-/m0/s1. The largest absolute Gasteiger partial charge is 0.379 e. The maximum atomic E-state index is 12.6. The first kappa shape index (κ1) is 18.6. The number of ether oxygens (including phenoxy) is 1. The highest BCUT2D eigenvalue weighted by Gasteiger charge is 2.20. The minimum Gasteiger partial charge on any atom is -0.379 e. The maximum Gasteiger partial charge on any atom is 0.251 e. The van der Waals surface area contributed by atoms with E-state index in [1.165, 1.54) is 12.1 Å². The molecule has 1 saturated heterocycles.